The van der Waals surface area contributed by atoms with Crippen LogP contribution in [0.5, 0.6) is 0 Å². The van der Waals surface area contributed by atoms with E-state index in [2.05, 4.69) is 31.0 Å². The van der Waals surface area contributed by atoms with E-state index in [1.807, 2.05) is 0 Å². The maximum absolute atomic E-state index is 12.1. The number of carbonyl (C=O) groups excluding carboxylic acids is 1. The lowest BCUT2D eigenvalue weighted by atomic mass is 9.90. The molecule has 20 heavy (non-hydrogen) atoms. The summed E-state index contributed by atoms with van der Waals surface area (Å²) < 4.78 is 4.97. The summed E-state index contributed by atoms with van der Waals surface area (Å²) in [5.74, 6) is 0.0780. The first-order valence-electron chi connectivity index (χ1n) is 7.80. The molecule has 0 fully saturated rings. The van der Waals surface area contributed by atoms with Crippen LogP contribution in [-0.4, -0.2) is 56.2 Å². The highest BCUT2D eigenvalue weighted by Gasteiger charge is 2.32. The van der Waals surface area contributed by atoms with E-state index < -0.39 is 0 Å². The maximum atomic E-state index is 12.1. The van der Waals surface area contributed by atoms with Gasteiger partial charge in [-0.1, -0.05) is 20.8 Å². The Labute approximate surface area is 124 Å². The van der Waals surface area contributed by atoms with E-state index in [9.17, 15) is 4.79 Å². The van der Waals surface area contributed by atoms with Crippen LogP contribution in [0.2, 0.25) is 0 Å². The third-order valence-electron chi connectivity index (χ3n) is 4.04. The molecule has 0 aliphatic rings. The molecule has 0 saturated heterocycles. The standard InChI is InChI=1S/C15H33N3O2/c1-5-10-18(15(6-2,7-3)13-16)12-14(19)17-9-8-11-20-4/h5-13,16H2,1-4H3,(H,17,19). The molecule has 0 unspecified atom stereocenters. The summed E-state index contributed by atoms with van der Waals surface area (Å²) >= 11 is 0. The Morgan fingerprint density at radius 2 is 1.95 bits per heavy atom. The second kappa shape index (κ2) is 11.1. The highest BCUT2D eigenvalue weighted by atomic mass is 16.5. The Bertz CT molecular complexity index is 247. The molecular formula is C15H33N3O2. The van der Waals surface area contributed by atoms with Gasteiger partial charge in [0.25, 0.3) is 0 Å². The van der Waals surface area contributed by atoms with Crippen molar-refractivity contribution in [3.8, 4) is 0 Å². The van der Waals surface area contributed by atoms with Crippen molar-refractivity contribution >= 4 is 5.91 Å². The van der Waals surface area contributed by atoms with Crippen LogP contribution in [0, 0.1) is 0 Å². The van der Waals surface area contributed by atoms with Gasteiger partial charge in [0.2, 0.25) is 5.91 Å². The normalized spacial score (nSPS) is 11.9. The summed E-state index contributed by atoms with van der Waals surface area (Å²) in [6, 6.07) is 0. The van der Waals surface area contributed by atoms with E-state index in [0.717, 1.165) is 32.2 Å². The van der Waals surface area contributed by atoms with Gasteiger partial charge in [0, 0.05) is 32.3 Å². The number of nitrogens with zero attached hydrogens (tertiary/aromatic N) is 1. The van der Waals surface area contributed by atoms with E-state index in [-0.39, 0.29) is 11.4 Å². The van der Waals surface area contributed by atoms with Crippen molar-refractivity contribution in [1.29, 1.82) is 0 Å². The largest absolute Gasteiger partial charge is 0.385 e. The summed E-state index contributed by atoms with van der Waals surface area (Å²) in [5, 5.41) is 2.95. The van der Waals surface area contributed by atoms with Gasteiger partial charge in [-0.3, -0.25) is 9.69 Å². The number of carbonyl (C=O) groups is 1. The average Bonchev–Trinajstić information content (AvgIpc) is 2.46. The van der Waals surface area contributed by atoms with Gasteiger partial charge in [0.1, 0.15) is 0 Å². The van der Waals surface area contributed by atoms with Crippen LogP contribution in [0.15, 0.2) is 0 Å². The molecule has 0 aliphatic carbocycles. The average molecular weight is 287 g/mol. The molecule has 1 amide bonds. The molecule has 5 heteroatoms. The fraction of sp³-hybridized carbons (Fsp3) is 0.933. The number of rotatable bonds is 12. The molecule has 3 N–H and O–H groups in total. The van der Waals surface area contributed by atoms with Gasteiger partial charge < -0.3 is 15.8 Å². The fourth-order valence-corrected chi connectivity index (χ4v) is 2.54. The number of hydrogen-bond acceptors (Lipinski definition) is 4. The molecule has 0 aromatic carbocycles. The SMILES string of the molecule is CCCN(CC(=O)NCCCOC)C(CC)(CC)CN. The monoisotopic (exact) mass is 287 g/mol. The second-order valence-electron chi connectivity index (χ2n) is 5.25. The number of methoxy groups -OCH3 is 1. The van der Waals surface area contributed by atoms with Gasteiger partial charge in [-0.05, 0) is 32.2 Å². The molecule has 0 radical (unpaired) electrons. The van der Waals surface area contributed by atoms with Crippen molar-refractivity contribution in [3.63, 3.8) is 0 Å². The van der Waals surface area contributed by atoms with Crippen molar-refractivity contribution in [2.24, 2.45) is 5.73 Å². The number of hydrogen-bond donors (Lipinski definition) is 2. The van der Waals surface area contributed by atoms with E-state index in [1.165, 1.54) is 0 Å². The molecule has 0 bridgehead atoms. The third-order valence-corrected chi connectivity index (χ3v) is 4.04. The lowest BCUT2D eigenvalue weighted by Crippen LogP contribution is -2.56. The van der Waals surface area contributed by atoms with Crippen LogP contribution in [0.1, 0.15) is 46.5 Å². The van der Waals surface area contributed by atoms with Gasteiger partial charge in [0.15, 0.2) is 0 Å². The molecule has 0 spiro atoms. The molecule has 0 rings (SSSR count). The topological polar surface area (TPSA) is 67.6 Å². The van der Waals surface area contributed by atoms with Crippen LogP contribution < -0.4 is 11.1 Å². The number of nitrogens with two attached hydrogens (primary N) is 1. The molecular weight excluding hydrogens is 254 g/mol. The first-order valence-corrected chi connectivity index (χ1v) is 7.80. The maximum Gasteiger partial charge on any atom is 0.234 e. The van der Waals surface area contributed by atoms with Gasteiger partial charge in [-0.2, -0.15) is 0 Å². The van der Waals surface area contributed by atoms with Crippen LogP contribution >= 0.6 is 0 Å². The molecule has 5 nitrogen and oxygen atoms in total. The zero-order valence-electron chi connectivity index (χ0n) is 13.7. The van der Waals surface area contributed by atoms with Crippen LogP contribution in [0.25, 0.3) is 0 Å². The van der Waals surface area contributed by atoms with Gasteiger partial charge in [0.05, 0.1) is 6.54 Å². The minimum atomic E-state index is -0.0557. The highest BCUT2D eigenvalue weighted by Crippen LogP contribution is 2.22. The van der Waals surface area contributed by atoms with Crippen molar-refractivity contribution in [2.45, 2.75) is 52.0 Å². The lowest BCUT2D eigenvalue weighted by Gasteiger charge is -2.42. The minimum Gasteiger partial charge on any atom is -0.385 e. The van der Waals surface area contributed by atoms with Crippen LogP contribution in [-0.2, 0) is 9.53 Å². The third kappa shape index (κ3) is 6.20. The molecule has 0 atom stereocenters. The summed E-state index contributed by atoms with van der Waals surface area (Å²) in [6.45, 7) is 9.71. The van der Waals surface area contributed by atoms with Crippen LogP contribution in [0.3, 0.4) is 0 Å². The van der Waals surface area contributed by atoms with Gasteiger partial charge >= 0.3 is 0 Å². The van der Waals surface area contributed by atoms with Crippen molar-refractivity contribution < 1.29 is 9.53 Å². The van der Waals surface area contributed by atoms with E-state index in [4.69, 9.17) is 10.5 Å². The van der Waals surface area contributed by atoms with Crippen molar-refractivity contribution in [1.82, 2.24) is 10.2 Å². The Kier molecular flexibility index (Phi) is 10.7. The quantitative estimate of drug-likeness (QED) is 0.532. The summed E-state index contributed by atoms with van der Waals surface area (Å²) in [4.78, 5) is 14.3. The Balaban J connectivity index is 4.48. The lowest BCUT2D eigenvalue weighted by molar-refractivity contribution is -0.124. The summed E-state index contributed by atoms with van der Waals surface area (Å²) in [7, 11) is 1.67. The number of ether oxygens (including phenoxy) is 1. The second-order valence-corrected chi connectivity index (χ2v) is 5.25. The Morgan fingerprint density at radius 3 is 2.40 bits per heavy atom. The first-order chi connectivity index (χ1) is 9.60. The highest BCUT2D eigenvalue weighted by molar-refractivity contribution is 5.78. The predicted molar refractivity (Wildman–Crippen MR) is 83.7 cm³/mol. The molecule has 0 aromatic heterocycles. The summed E-state index contributed by atoms with van der Waals surface area (Å²) in [5.41, 5.74) is 5.93. The Morgan fingerprint density at radius 1 is 1.30 bits per heavy atom. The number of amides is 1. The molecule has 0 aliphatic heterocycles. The molecule has 120 valence electrons. The van der Waals surface area contributed by atoms with E-state index in [1.54, 1.807) is 7.11 Å². The van der Waals surface area contributed by atoms with Crippen LogP contribution in [0.4, 0.5) is 0 Å². The van der Waals surface area contributed by atoms with Gasteiger partial charge in [-0.25, -0.2) is 0 Å². The van der Waals surface area contributed by atoms with Crippen molar-refractivity contribution in [3.05, 3.63) is 0 Å². The fourth-order valence-electron chi connectivity index (χ4n) is 2.54. The number of nitrogens with one attached hydrogen (secondary N) is 1. The zero-order chi connectivity index (χ0) is 15.4. The minimum absolute atomic E-state index is 0.0557. The predicted octanol–water partition coefficient (Wildman–Crippen LogP) is 1.37. The zero-order valence-corrected chi connectivity index (χ0v) is 13.7. The first kappa shape index (κ1) is 19.4. The smallest absolute Gasteiger partial charge is 0.234 e. The summed E-state index contributed by atoms with van der Waals surface area (Å²) in [6.07, 6.45) is 3.81. The molecule has 0 aromatic rings. The molecule has 0 heterocycles. The molecule has 0 saturated carbocycles. The van der Waals surface area contributed by atoms with Crippen molar-refractivity contribution in [2.75, 3.05) is 39.9 Å². The Hall–Kier alpha value is -0.650. The van der Waals surface area contributed by atoms with E-state index >= 15 is 0 Å². The van der Waals surface area contributed by atoms with E-state index in [0.29, 0.717) is 26.2 Å². The van der Waals surface area contributed by atoms with Gasteiger partial charge in [-0.15, -0.1) is 0 Å².